The summed E-state index contributed by atoms with van der Waals surface area (Å²) in [5.74, 6) is -10.9. The Hall–Kier alpha value is -10.2. The summed E-state index contributed by atoms with van der Waals surface area (Å²) in [6.07, 6.45) is -15.9. The quantitative estimate of drug-likeness (QED) is 0.0200. The maximum Gasteiger partial charge on any atom is 0.407 e. The molecule has 0 aliphatic heterocycles. The Morgan fingerprint density at radius 2 is 0.819 bits per heavy atom. The van der Waals surface area contributed by atoms with Gasteiger partial charge in [-0.1, -0.05) is 130 Å². The number of amides is 4. The van der Waals surface area contributed by atoms with E-state index in [1.165, 1.54) is 11.9 Å². The number of hydrogen-bond donors (Lipinski definition) is 4. The van der Waals surface area contributed by atoms with Crippen molar-refractivity contribution in [3.05, 3.63) is 120 Å². The third kappa shape index (κ3) is 32.8. The highest BCUT2D eigenvalue weighted by atomic mass is 28.4. The van der Waals surface area contributed by atoms with Crippen LogP contribution in [-0.4, -0.2) is 257 Å². The van der Waals surface area contributed by atoms with E-state index in [1.54, 1.807) is 20.8 Å². The highest BCUT2D eigenvalue weighted by Crippen LogP contribution is 2.45. The van der Waals surface area contributed by atoms with Gasteiger partial charge in [0, 0.05) is 107 Å². The summed E-state index contributed by atoms with van der Waals surface area (Å²) in [6.45, 7) is 18.6. The lowest BCUT2D eigenvalue weighted by atomic mass is 9.98. The average Bonchev–Trinajstić information content (AvgIpc) is 1.10. The summed E-state index contributed by atoms with van der Waals surface area (Å²) in [7, 11) is -2.08. The standard InChI is InChI=1S/C82H113N5O28Si/c1-52(88)107-68(73(110-55(4)91)75(112-57(6)93)70(109-54(3)90)51-106-116(82(12,13)14,60-26-18-16-19-27-60)61-28-20-17-21-29-61)48-87(15)49-69(108-53(2)89)74(111-56(5)92)76(113-58(7)94)77(114-59(8)95)78(98)85-38-37-83-72(97)36-40-101-42-44-103-46-47-104-45-43-102-41-39-84-71(96)35-34-67(79(99)115-81(9,10)11)86-80(100)105-50-66-64-32-24-22-30-62(64)63-31-23-25-33-65(63)66/h16-33,66-70,73-77H,34-51H2,1-15H3,(H,83,97)(H,84,96)(H,85,98)(H,86,100). The molecule has 5 rings (SSSR count). The number of hydrogen-bond acceptors (Lipinski definition) is 29. The molecule has 1 aliphatic carbocycles. The lowest BCUT2D eigenvalue weighted by Gasteiger charge is -2.44. The number of likely N-dealkylation sites (N-methyl/N-ethyl adjacent to an activating group) is 1. The minimum Gasteiger partial charge on any atom is -0.458 e. The molecule has 9 atom stereocenters. The number of rotatable bonds is 49. The van der Waals surface area contributed by atoms with Gasteiger partial charge in [0.05, 0.1) is 59.5 Å². The lowest BCUT2D eigenvalue weighted by Crippen LogP contribution is -2.67. The SMILES string of the molecule is CC(=O)OC(CO[Si](c1ccccc1)(c1ccccc1)C(C)(C)C)C(OC(C)=O)C(OC(C)=O)C(CN(C)CC(OC(C)=O)C(OC(C)=O)C(OC(C)=O)C(OC(C)=O)C(=O)NCCNC(=O)CCOCCOCCOCCOCCNC(=O)CCC(NC(=O)OCC1c2ccccc2-c2ccccc21)C(=O)OC(C)(C)C)OC(C)=O. The van der Waals surface area contributed by atoms with Crippen LogP contribution in [0.15, 0.2) is 109 Å². The maximum absolute atomic E-state index is 14.2. The van der Waals surface area contributed by atoms with Gasteiger partial charge in [-0.05, 0) is 71.9 Å². The molecule has 4 aromatic carbocycles. The van der Waals surface area contributed by atoms with E-state index in [1.807, 2.05) is 130 Å². The molecule has 638 valence electrons. The van der Waals surface area contributed by atoms with Crippen molar-refractivity contribution in [3.63, 3.8) is 0 Å². The molecule has 33 nitrogen and oxygen atoms in total. The van der Waals surface area contributed by atoms with Gasteiger partial charge in [0.1, 0.15) is 18.2 Å². The molecule has 0 bridgehead atoms. The van der Waals surface area contributed by atoms with Gasteiger partial charge in [0.25, 0.3) is 14.2 Å². The van der Waals surface area contributed by atoms with Gasteiger partial charge < -0.3 is 92.0 Å². The van der Waals surface area contributed by atoms with Gasteiger partial charge in [-0.3, -0.25) is 57.6 Å². The Balaban J connectivity index is 1.09. The average molecular weight is 1640 g/mol. The minimum atomic E-state index is -3.47. The molecule has 0 fully saturated rings. The van der Waals surface area contributed by atoms with Crippen LogP contribution in [0.4, 0.5) is 4.79 Å². The van der Waals surface area contributed by atoms with Crippen molar-refractivity contribution >= 4 is 96.2 Å². The Morgan fingerprint density at radius 1 is 0.431 bits per heavy atom. The van der Waals surface area contributed by atoms with Gasteiger partial charge in [-0.25, -0.2) is 9.59 Å². The summed E-state index contributed by atoms with van der Waals surface area (Å²) in [5.41, 5.74) is 3.35. The number of nitrogens with zero attached hydrogens (tertiary/aromatic N) is 1. The van der Waals surface area contributed by atoms with Crippen LogP contribution in [0.2, 0.25) is 5.04 Å². The summed E-state index contributed by atoms with van der Waals surface area (Å²) in [5, 5.41) is 11.4. The van der Waals surface area contributed by atoms with Crippen molar-refractivity contribution in [2.75, 3.05) is 106 Å². The Kier molecular flexibility index (Phi) is 40.1. The van der Waals surface area contributed by atoms with E-state index in [0.717, 1.165) is 88.0 Å². The Morgan fingerprint density at radius 3 is 1.28 bits per heavy atom. The van der Waals surface area contributed by atoms with Gasteiger partial charge in [0.2, 0.25) is 17.9 Å². The fourth-order valence-electron chi connectivity index (χ4n) is 13.0. The molecule has 0 heterocycles. The largest absolute Gasteiger partial charge is 0.458 e. The van der Waals surface area contributed by atoms with Crippen LogP contribution in [0.3, 0.4) is 0 Å². The number of carbonyl (C=O) groups is 13. The van der Waals surface area contributed by atoms with Crippen molar-refractivity contribution in [1.82, 2.24) is 26.2 Å². The van der Waals surface area contributed by atoms with Gasteiger partial charge in [0.15, 0.2) is 42.7 Å². The molecule has 0 radical (unpaired) electrons. The number of nitrogens with one attached hydrogen (secondary N) is 4. The topological polar surface area (TPSA) is 412 Å². The fourth-order valence-corrected chi connectivity index (χ4v) is 17.6. The highest BCUT2D eigenvalue weighted by molar-refractivity contribution is 6.99. The van der Waals surface area contributed by atoms with Crippen LogP contribution in [0, 0.1) is 0 Å². The Bertz CT molecular complexity index is 3810. The third-order valence-corrected chi connectivity index (χ3v) is 22.5. The van der Waals surface area contributed by atoms with Crippen LogP contribution < -0.4 is 31.6 Å². The fraction of sp³-hybridized carbons (Fsp3) is 0.549. The second-order valence-corrected chi connectivity index (χ2v) is 33.6. The van der Waals surface area contributed by atoms with Crippen LogP contribution >= 0.6 is 0 Å². The molecule has 116 heavy (non-hydrogen) atoms. The molecular formula is C82H113N5O28Si. The summed E-state index contributed by atoms with van der Waals surface area (Å²) in [6, 6.07) is 33.4. The third-order valence-electron chi connectivity index (χ3n) is 17.5. The van der Waals surface area contributed by atoms with Crippen LogP contribution in [-0.2, 0) is 128 Å². The van der Waals surface area contributed by atoms with E-state index >= 15 is 0 Å². The number of fused-ring (bicyclic) bond motifs is 3. The van der Waals surface area contributed by atoms with Crippen molar-refractivity contribution < 1.29 is 133 Å². The lowest BCUT2D eigenvalue weighted by molar-refractivity contribution is -0.204. The molecule has 34 heteroatoms. The number of esters is 9. The zero-order valence-electron chi connectivity index (χ0n) is 68.8. The van der Waals surface area contributed by atoms with E-state index in [4.69, 9.17) is 70.7 Å². The predicted molar refractivity (Wildman–Crippen MR) is 419 cm³/mol. The second-order valence-electron chi connectivity index (χ2n) is 29.3. The molecule has 4 N–H and O–H groups in total. The first-order valence-corrected chi connectivity index (χ1v) is 40.1. The van der Waals surface area contributed by atoms with E-state index < -0.39 is 165 Å². The zero-order chi connectivity index (χ0) is 85.7. The number of carbonyl (C=O) groups excluding carboxylic acids is 13. The van der Waals surface area contributed by atoms with Crippen LogP contribution in [0.1, 0.15) is 133 Å². The van der Waals surface area contributed by atoms with Gasteiger partial charge in [-0.15, -0.1) is 0 Å². The normalized spacial score (nSPS) is 14.3. The van der Waals surface area contributed by atoms with E-state index in [-0.39, 0.29) is 110 Å². The molecule has 9 unspecified atom stereocenters. The monoisotopic (exact) mass is 1640 g/mol. The van der Waals surface area contributed by atoms with Crippen molar-refractivity contribution in [2.24, 2.45) is 0 Å². The molecule has 0 saturated heterocycles. The first-order chi connectivity index (χ1) is 54.9. The number of ether oxygens (including phenoxy) is 14. The molecule has 0 spiro atoms. The summed E-state index contributed by atoms with van der Waals surface area (Å²) >= 11 is 0. The molecule has 0 saturated carbocycles. The van der Waals surface area contributed by atoms with Crippen molar-refractivity contribution in [1.29, 1.82) is 0 Å². The molecule has 4 aromatic rings. The van der Waals surface area contributed by atoms with Gasteiger partial charge in [-0.2, -0.15) is 0 Å². The van der Waals surface area contributed by atoms with Crippen LogP contribution in [0.5, 0.6) is 0 Å². The zero-order valence-corrected chi connectivity index (χ0v) is 69.8. The van der Waals surface area contributed by atoms with E-state index in [2.05, 4.69) is 21.3 Å². The minimum absolute atomic E-state index is 0.0131. The van der Waals surface area contributed by atoms with Crippen LogP contribution in [0.25, 0.3) is 11.1 Å². The van der Waals surface area contributed by atoms with Gasteiger partial charge >= 0.3 is 59.8 Å². The smallest absolute Gasteiger partial charge is 0.407 e. The first-order valence-electron chi connectivity index (χ1n) is 38.2. The van der Waals surface area contributed by atoms with Crippen molar-refractivity contribution in [3.8, 4) is 11.1 Å². The Labute approximate surface area is 677 Å². The maximum atomic E-state index is 14.2. The molecule has 4 amide bonds. The van der Waals surface area contributed by atoms with E-state index in [9.17, 15) is 62.3 Å². The summed E-state index contributed by atoms with van der Waals surface area (Å²) < 4.78 is 86.5. The number of benzene rings is 4. The molecule has 1 aliphatic rings. The van der Waals surface area contributed by atoms with E-state index in [0.29, 0.717) is 0 Å². The molecular weight excluding hydrogens is 1530 g/mol. The highest BCUT2D eigenvalue weighted by Gasteiger charge is 2.53. The van der Waals surface area contributed by atoms with Crippen molar-refractivity contribution in [2.45, 2.75) is 188 Å². The predicted octanol–water partition coefficient (Wildman–Crippen LogP) is 4.78. The number of alkyl carbamates (subject to hydrolysis) is 1. The first kappa shape index (κ1) is 96.4. The second kappa shape index (κ2) is 48.3. The summed E-state index contributed by atoms with van der Waals surface area (Å²) in [4.78, 5) is 172. The molecule has 0 aromatic heterocycles.